The van der Waals surface area contributed by atoms with Crippen LogP contribution in [0.15, 0.2) is 60.2 Å². The van der Waals surface area contributed by atoms with E-state index in [1.807, 2.05) is 19.9 Å². The third-order valence-electron chi connectivity index (χ3n) is 7.10. The predicted octanol–water partition coefficient (Wildman–Crippen LogP) is 5.89. The minimum absolute atomic E-state index is 0.0804. The van der Waals surface area contributed by atoms with Gasteiger partial charge in [0, 0.05) is 5.56 Å². The molecule has 3 heterocycles. The zero-order valence-electron chi connectivity index (χ0n) is 23.9. The van der Waals surface area contributed by atoms with Crippen molar-refractivity contribution in [3.63, 3.8) is 0 Å². The number of aromatic nitrogens is 1. The van der Waals surface area contributed by atoms with Crippen LogP contribution in [0, 0.1) is 0 Å². The van der Waals surface area contributed by atoms with E-state index in [0.29, 0.717) is 77.0 Å². The van der Waals surface area contributed by atoms with E-state index in [1.54, 1.807) is 55.6 Å². The van der Waals surface area contributed by atoms with Crippen molar-refractivity contribution in [2.45, 2.75) is 26.3 Å². The maximum Gasteiger partial charge on any atom is 0.301 e. The molecule has 0 aliphatic carbocycles. The quantitative estimate of drug-likeness (QED) is 0.142. The number of hydrogen-bond acceptors (Lipinski definition) is 10. The number of ether oxygens (including phenoxy) is 5. The van der Waals surface area contributed by atoms with Gasteiger partial charge in [0.05, 0.1) is 42.2 Å². The van der Waals surface area contributed by atoms with Gasteiger partial charge in [-0.2, -0.15) is 0 Å². The van der Waals surface area contributed by atoms with Crippen LogP contribution in [0.2, 0.25) is 0 Å². The largest absolute Gasteiger partial charge is 0.507 e. The van der Waals surface area contributed by atoms with Crippen LogP contribution in [-0.4, -0.2) is 55.3 Å². The van der Waals surface area contributed by atoms with Gasteiger partial charge in [-0.3, -0.25) is 14.5 Å². The summed E-state index contributed by atoms with van der Waals surface area (Å²) in [6.45, 7) is 5.52. The number of benzene rings is 3. The molecule has 43 heavy (non-hydrogen) atoms. The normalized spacial score (nSPS) is 17.4. The number of hydrogen-bond donors (Lipinski definition) is 1. The number of carbonyl (C=O) groups is 2. The summed E-state index contributed by atoms with van der Waals surface area (Å²) in [5.74, 6) is 0.651. The number of thiazole rings is 1. The molecular weight excluding hydrogens is 572 g/mol. The van der Waals surface area contributed by atoms with Gasteiger partial charge in [-0.25, -0.2) is 4.98 Å². The summed E-state index contributed by atoms with van der Waals surface area (Å²) < 4.78 is 29.2. The fraction of sp³-hybridized carbons (Fsp3) is 0.281. The second-order valence-corrected chi connectivity index (χ2v) is 10.9. The van der Waals surface area contributed by atoms with E-state index >= 15 is 0 Å². The highest BCUT2D eigenvalue weighted by atomic mass is 32.1. The van der Waals surface area contributed by atoms with Crippen LogP contribution >= 0.6 is 11.3 Å². The molecule has 4 aromatic rings. The van der Waals surface area contributed by atoms with Gasteiger partial charge >= 0.3 is 5.91 Å². The summed E-state index contributed by atoms with van der Waals surface area (Å²) in [4.78, 5) is 33.5. The molecule has 11 heteroatoms. The maximum atomic E-state index is 13.8. The van der Waals surface area contributed by atoms with Crippen LogP contribution in [0.5, 0.6) is 28.7 Å². The van der Waals surface area contributed by atoms with Crippen molar-refractivity contribution in [3.8, 4) is 28.7 Å². The van der Waals surface area contributed by atoms with Crippen LogP contribution in [-0.2, 0) is 9.59 Å². The van der Waals surface area contributed by atoms with Crippen molar-refractivity contribution in [2.75, 3.05) is 38.4 Å². The van der Waals surface area contributed by atoms with E-state index in [4.69, 9.17) is 28.7 Å². The highest BCUT2D eigenvalue weighted by molar-refractivity contribution is 7.22. The Kier molecular flexibility index (Phi) is 7.81. The van der Waals surface area contributed by atoms with E-state index in [-0.39, 0.29) is 11.3 Å². The zero-order chi connectivity index (χ0) is 30.1. The molecule has 0 bridgehead atoms. The van der Waals surface area contributed by atoms with Crippen molar-refractivity contribution in [3.05, 3.63) is 71.3 Å². The first-order chi connectivity index (χ1) is 20.9. The third-order valence-corrected chi connectivity index (χ3v) is 8.11. The van der Waals surface area contributed by atoms with Crippen LogP contribution in [0.1, 0.15) is 37.4 Å². The Bertz CT molecular complexity index is 1750. The standard InChI is InChI=1S/C32H30N2O8S/c1-4-12-40-22-10-6-18(15-24(22)39-5-2)28-27(29(35)19-7-11-23-25(16-19)42-14-13-41-23)30(36)31(37)34(28)32-33-21-9-8-20(38-3)17-26(21)43-32/h6-11,15-17,28,35H,4-5,12-14H2,1-3H3/b29-27-. The minimum atomic E-state index is -1.00. The van der Waals surface area contributed by atoms with Gasteiger partial charge < -0.3 is 28.8 Å². The number of carbonyl (C=O) groups excluding carboxylic acids is 2. The molecule has 10 nitrogen and oxygen atoms in total. The Morgan fingerprint density at radius 1 is 1.00 bits per heavy atom. The molecule has 3 aromatic carbocycles. The number of nitrogens with zero attached hydrogens (tertiary/aromatic N) is 2. The van der Waals surface area contributed by atoms with Crippen molar-refractivity contribution >= 4 is 44.1 Å². The Hall–Kier alpha value is -4.77. The fourth-order valence-corrected chi connectivity index (χ4v) is 6.13. The fourth-order valence-electron chi connectivity index (χ4n) is 5.11. The number of rotatable bonds is 9. The van der Waals surface area contributed by atoms with Crippen LogP contribution in [0.3, 0.4) is 0 Å². The minimum Gasteiger partial charge on any atom is -0.507 e. The highest BCUT2D eigenvalue weighted by Gasteiger charge is 2.48. The molecule has 0 radical (unpaired) electrons. The smallest absolute Gasteiger partial charge is 0.301 e. The summed E-state index contributed by atoms with van der Waals surface area (Å²) in [5, 5.41) is 12.0. The molecule has 0 saturated carbocycles. The molecule has 1 saturated heterocycles. The topological polar surface area (TPSA) is 117 Å². The lowest BCUT2D eigenvalue weighted by molar-refractivity contribution is -0.132. The lowest BCUT2D eigenvalue weighted by Gasteiger charge is -2.24. The van der Waals surface area contributed by atoms with Gasteiger partial charge in [0.2, 0.25) is 0 Å². The number of aliphatic hydroxyl groups excluding tert-OH is 1. The van der Waals surface area contributed by atoms with Gasteiger partial charge in [0.25, 0.3) is 5.78 Å². The Labute approximate surface area is 252 Å². The van der Waals surface area contributed by atoms with Crippen LogP contribution < -0.4 is 28.6 Å². The van der Waals surface area contributed by atoms with E-state index in [1.165, 1.54) is 16.2 Å². The van der Waals surface area contributed by atoms with Crippen molar-refractivity contribution < 1.29 is 38.4 Å². The van der Waals surface area contributed by atoms with Gasteiger partial charge in [-0.15, -0.1) is 0 Å². The molecule has 2 aliphatic rings. The molecule has 1 N–H and O–H groups in total. The van der Waals surface area contributed by atoms with Gasteiger partial charge in [-0.1, -0.05) is 24.3 Å². The lowest BCUT2D eigenvalue weighted by atomic mass is 9.95. The number of fused-ring (bicyclic) bond motifs is 2. The van der Waals surface area contributed by atoms with Crippen LogP contribution in [0.25, 0.3) is 16.0 Å². The van der Waals surface area contributed by atoms with Crippen molar-refractivity contribution in [1.29, 1.82) is 0 Å². The number of Topliss-reactive ketones (excluding diaryl/α,β-unsaturated/α-hetero) is 1. The molecule has 2 aliphatic heterocycles. The molecule has 6 rings (SSSR count). The lowest BCUT2D eigenvalue weighted by Crippen LogP contribution is -2.29. The first-order valence-electron chi connectivity index (χ1n) is 14.0. The van der Waals surface area contributed by atoms with Crippen LogP contribution in [0.4, 0.5) is 5.13 Å². The summed E-state index contributed by atoms with van der Waals surface area (Å²) in [5.41, 5.74) is 1.42. The number of ketones is 1. The SMILES string of the molecule is CCCOc1ccc(C2/C(=C(/O)c3ccc4c(c3)OCCO4)C(=O)C(=O)N2c2nc3ccc(OC)cc3s2)cc1OCC. The van der Waals surface area contributed by atoms with E-state index in [2.05, 4.69) is 0 Å². The summed E-state index contributed by atoms with van der Waals surface area (Å²) in [6, 6.07) is 14.6. The first-order valence-corrected chi connectivity index (χ1v) is 14.8. The predicted molar refractivity (Wildman–Crippen MR) is 162 cm³/mol. The van der Waals surface area contributed by atoms with Gasteiger partial charge in [-0.05, 0) is 67.4 Å². The second kappa shape index (κ2) is 11.8. The average Bonchev–Trinajstić information content (AvgIpc) is 3.57. The van der Waals surface area contributed by atoms with E-state index in [0.717, 1.165) is 11.1 Å². The average molecular weight is 603 g/mol. The molecule has 1 fully saturated rings. The van der Waals surface area contributed by atoms with E-state index < -0.39 is 17.7 Å². The number of methoxy groups -OCH3 is 1. The zero-order valence-corrected chi connectivity index (χ0v) is 24.7. The monoisotopic (exact) mass is 602 g/mol. The molecular formula is C32H30N2O8S. The van der Waals surface area contributed by atoms with E-state index in [9.17, 15) is 14.7 Å². The second-order valence-electron chi connectivity index (χ2n) is 9.85. The Morgan fingerprint density at radius 3 is 2.58 bits per heavy atom. The molecule has 222 valence electrons. The molecule has 1 atom stereocenters. The van der Waals surface area contributed by atoms with Crippen molar-refractivity contribution in [1.82, 2.24) is 4.98 Å². The molecule has 1 unspecified atom stereocenters. The van der Waals surface area contributed by atoms with Gasteiger partial charge in [0.1, 0.15) is 24.7 Å². The highest BCUT2D eigenvalue weighted by Crippen LogP contribution is 2.46. The third kappa shape index (κ3) is 5.20. The number of aliphatic hydroxyl groups is 1. The maximum absolute atomic E-state index is 13.8. The Balaban J connectivity index is 1.53. The molecule has 1 amide bonds. The summed E-state index contributed by atoms with van der Waals surface area (Å²) in [6.07, 6.45) is 0.811. The number of amides is 1. The van der Waals surface area contributed by atoms with Crippen molar-refractivity contribution in [2.24, 2.45) is 0 Å². The summed E-state index contributed by atoms with van der Waals surface area (Å²) in [7, 11) is 1.57. The molecule has 1 aromatic heterocycles. The first kappa shape index (κ1) is 28.4. The van der Waals surface area contributed by atoms with Gasteiger partial charge in [0.15, 0.2) is 28.1 Å². The molecule has 0 spiro atoms. The summed E-state index contributed by atoms with van der Waals surface area (Å²) >= 11 is 1.25. The Morgan fingerprint density at radius 2 is 1.81 bits per heavy atom. The number of anilines is 1.